The van der Waals surface area contributed by atoms with Gasteiger partial charge in [-0.3, -0.25) is 0 Å². The van der Waals surface area contributed by atoms with Gasteiger partial charge in [0.1, 0.15) is 0 Å². The molecule has 17 heavy (non-hydrogen) atoms. The van der Waals surface area contributed by atoms with Gasteiger partial charge in [0.05, 0.1) is 6.04 Å². The third-order valence-corrected chi connectivity index (χ3v) is 3.26. The van der Waals surface area contributed by atoms with Gasteiger partial charge < -0.3 is 5.73 Å². The van der Waals surface area contributed by atoms with E-state index >= 15 is 0 Å². The minimum atomic E-state index is -0.248. The average Bonchev–Trinajstić information content (AvgIpc) is 2.28. The molecule has 0 bridgehead atoms. The van der Waals surface area contributed by atoms with Gasteiger partial charge in [-0.1, -0.05) is 47.5 Å². The number of halogens is 2. The third kappa shape index (κ3) is 2.81. The second-order valence-electron chi connectivity index (χ2n) is 4.06. The molecule has 0 aliphatic rings. The van der Waals surface area contributed by atoms with Crippen molar-refractivity contribution in [2.24, 2.45) is 5.73 Å². The van der Waals surface area contributed by atoms with Crippen LogP contribution in [0.2, 0.25) is 10.0 Å². The zero-order valence-corrected chi connectivity index (χ0v) is 11.0. The molecule has 0 aromatic heterocycles. The van der Waals surface area contributed by atoms with Crippen LogP contribution in [0.15, 0.2) is 42.5 Å². The maximum Gasteiger partial charge on any atom is 0.0566 e. The maximum absolute atomic E-state index is 6.20. The quantitative estimate of drug-likeness (QED) is 0.859. The van der Waals surface area contributed by atoms with Gasteiger partial charge >= 0.3 is 0 Å². The molecule has 0 fully saturated rings. The van der Waals surface area contributed by atoms with Gasteiger partial charge in [-0.05, 0) is 41.8 Å². The van der Waals surface area contributed by atoms with Gasteiger partial charge in [0.25, 0.3) is 0 Å². The number of rotatable bonds is 2. The number of nitrogens with two attached hydrogens (primary N) is 1. The second-order valence-corrected chi connectivity index (χ2v) is 4.90. The predicted octanol–water partition coefficient (Wildman–Crippen LogP) is 4.35. The zero-order chi connectivity index (χ0) is 12.4. The Balaban J connectivity index is 2.40. The van der Waals surface area contributed by atoms with Gasteiger partial charge in [-0.15, -0.1) is 0 Å². The van der Waals surface area contributed by atoms with E-state index in [0.717, 1.165) is 16.7 Å². The molecule has 0 saturated carbocycles. The summed E-state index contributed by atoms with van der Waals surface area (Å²) in [6.07, 6.45) is 0. The highest BCUT2D eigenvalue weighted by Crippen LogP contribution is 2.28. The van der Waals surface area contributed by atoms with E-state index in [0.29, 0.717) is 10.0 Å². The molecule has 3 heteroatoms. The van der Waals surface area contributed by atoms with Crippen molar-refractivity contribution in [3.8, 4) is 0 Å². The van der Waals surface area contributed by atoms with Crippen LogP contribution in [0, 0.1) is 6.92 Å². The summed E-state index contributed by atoms with van der Waals surface area (Å²) in [6, 6.07) is 13.2. The summed E-state index contributed by atoms with van der Waals surface area (Å²) >= 11 is 12.2. The fourth-order valence-corrected chi connectivity index (χ4v) is 2.32. The van der Waals surface area contributed by atoms with Gasteiger partial charge in [-0.2, -0.15) is 0 Å². The van der Waals surface area contributed by atoms with Crippen LogP contribution in [0.4, 0.5) is 0 Å². The molecule has 0 saturated heterocycles. The standard InChI is InChI=1S/C14H13Cl2N/c1-9-5-6-12(13(16)7-9)14(17)10-3-2-4-11(15)8-10/h2-8,14H,17H2,1H3. The van der Waals surface area contributed by atoms with Crippen molar-refractivity contribution in [2.45, 2.75) is 13.0 Å². The Morgan fingerprint density at radius 3 is 2.47 bits per heavy atom. The van der Waals surface area contributed by atoms with E-state index in [-0.39, 0.29) is 6.04 Å². The van der Waals surface area contributed by atoms with E-state index in [1.807, 2.05) is 49.4 Å². The smallest absolute Gasteiger partial charge is 0.0566 e. The van der Waals surface area contributed by atoms with Crippen LogP contribution in [0.1, 0.15) is 22.7 Å². The molecule has 2 aromatic carbocycles. The molecule has 1 nitrogen and oxygen atoms in total. The molecular formula is C14H13Cl2N. The Morgan fingerprint density at radius 1 is 1.06 bits per heavy atom. The van der Waals surface area contributed by atoms with Crippen molar-refractivity contribution in [3.63, 3.8) is 0 Å². The first kappa shape index (κ1) is 12.4. The molecule has 0 aliphatic carbocycles. The summed E-state index contributed by atoms with van der Waals surface area (Å²) < 4.78 is 0. The molecule has 2 N–H and O–H groups in total. The van der Waals surface area contributed by atoms with E-state index in [9.17, 15) is 0 Å². The fourth-order valence-electron chi connectivity index (χ4n) is 1.76. The lowest BCUT2D eigenvalue weighted by Crippen LogP contribution is -2.12. The number of benzene rings is 2. The van der Waals surface area contributed by atoms with Crippen molar-refractivity contribution >= 4 is 23.2 Å². The highest BCUT2D eigenvalue weighted by molar-refractivity contribution is 6.31. The summed E-state index contributed by atoms with van der Waals surface area (Å²) in [5, 5.41) is 1.37. The Morgan fingerprint density at radius 2 is 1.82 bits per heavy atom. The van der Waals surface area contributed by atoms with Crippen molar-refractivity contribution in [1.82, 2.24) is 0 Å². The lowest BCUT2D eigenvalue weighted by molar-refractivity contribution is 0.871. The minimum Gasteiger partial charge on any atom is -0.320 e. The fraction of sp³-hybridized carbons (Fsp3) is 0.143. The van der Waals surface area contributed by atoms with Crippen molar-refractivity contribution in [1.29, 1.82) is 0 Å². The van der Waals surface area contributed by atoms with Gasteiger partial charge in [0.15, 0.2) is 0 Å². The monoisotopic (exact) mass is 265 g/mol. The largest absolute Gasteiger partial charge is 0.320 e. The highest BCUT2D eigenvalue weighted by atomic mass is 35.5. The Labute approximate surface area is 111 Å². The number of hydrogen-bond donors (Lipinski definition) is 1. The van der Waals surface area contributed by atoms with E-state index < -0.39 is 0 Å². The summed E-state index contributed by atoms with van der Waals surface area (Å²) in [6.45, 7) is 2.00. The third-order valence-electron chi connectivity index (χ3n) is 2.70. The number of hydrogen-bond acceptors (Lipinski definition) is 1. The first-order valence-electron chi connectivity index (χ1n) is 5.35. The first-order chi connectivity index (χ1) is 8.08. The zero-order valence-electron chi connectivity index (χ0n) is 9.45. The topological polar surface area (TPSA) is 26.0 Å². The highest BCUT2D eigenvalue weighted by Gasteiger charge is 2.12. The van der Waals surface area contributed by atoms with Crippen LogP contribution in [-0.4, -0.2) is 0 Å². The molecule has 2 aromatic rings. The molecule has 1 atom stereocenters. The summed E-state index contributed by atoms with van der Waals surface area (Å²) in [5.74, 6) is 0. The van der Waals surface area contributed by atoms with Gasteiger partial charge in [-0.25, -0.2) is 0 Å². The van der Waals surface area contributed by atoms with Crippen molar-refractivity contribution < 1.29 is 0 Å². The molecule has 0 amide bonds. The Bertz CT molecular complexity index is 537. The van der Waals surface area contributed by atoms with E-state index in [2.05, 4.69) is 0 Å². The Hall–Kier alpha value is -1.02. The van der Waals surface area contributed by atoms with Crippen LogP contribution in [0.5, 0.6) is 0 Å². The van der Waals surface area contributed by atoms with Crippen molar-refractivity contribution in [2.75, 3.05) is 0 Å². The predicted molar refractivity (Wildman–Crippen MR) is 73.7 cm³/mol. The van der Waals surface area contributed by atoms with Gasteiger partial charge in [0, 0.05) is 10.0 Å². The molecule has 0 aliphatic heterocycles. The SMILES string of the molecule is Cc1ccc(C(N)c2cccc(Cl)c2)c(Cl)c1. The number of aryl methyl sites for hydroxylation is 1. The van der Waals surface area contributed by atoms with Crippen LogP contribution in [0.3, 0.4) is 0 Å². The van der Waals surface area contributed by atoms with Crippen LogP contribution < -0.4 is 5.73 Å². The first-order valence-corrected chi connectivity index (χ1v) is 6.10. The lowest BCUT2D eigenvalue weighted by Gasteiger charge is -2.15. The van der Waals surface area contributed by atoms with E-state index in [4.69, 9.17) is 28.9 Å². The van der Waals surface area contributed by atoms with Crippen LogP contribution >= 0.6 is 23.2 Å². The molecule has 0 spiro atoms. The molecule has 0 heterocycles. The normalized spacial score (nSPS) is 12.5. The van der Waals surface area contributed by atoms with Gasteiger partial charge in [0.2, 0.25) is 0 Å². The lowest BCUT2D eigenvalue weighted by atomic mass is 9.99. The average molecular weight is 266 g/mol. The minimum absolute atomic E-state index is 0.248. The molecule has 1 unspecified atom stereocenters. The Kier molecular flexibility index (Phi) is 3.72. The molecule has 88 valence electrons. The van der Waals surface area contributed by atoms with E-state index in [1.54, 1.807) is 0 Å². The molecule has 2 rings (SSSR count). The summed E-state index contributed by atoms with van der Waals surface area (Å²) in [7, 11) is 0. The summed E-state index contributed by atoms with van der Waals surface area (Å²) in [4.78, 5) is 0. The summed E-state index contributed by atoms with van der Waals surface area (Å²) in [5.41, 5.74) is 9.19. The van der Waals surface area contributed by atoms with Crippen LogP contribution in [-0.2, 0) is 0 Å². The molecular weight excluding hydrogens is 253 g/mol. The maximum atomic E-state index is 6.20. The molecule has 0 radical (unpaired) electrons. The van der Waals surface area contributed by atoms with E-state index in [1.165, 1.54) is 0 Å². The van der Waals surface area contributed by atoms with Crippen molar-refractivity contribution in [3.05, 3.63) is 69.2 Å². The second kappa shape index (κ2) is 5.09. The van der Waals surface area contributed by atoms with Crippen LogP contribution in [0.25, 0.3) is 0 Å².